The lowest BCUT2D eigenvalue weighted by atomic mass is 10.0. The van der Waals surface area contributed by atoms with Gasteiger partial charge in [0.2, 0.25) is 5.91 Å². The Kier molecular flexibility index (Phi) is 6.06. The van der Waals surface area contributed by atoms with E-state index in [2.05, 4.69) is 29.4 Å². The Hall–Kier alpha value is -1.30. The van der Waals surface area contributed by atoms with Crippen LogP contribution in [0.2, 0.25) is 5.02 Å². The van der Waals surface area contributed by atoms with Crippen LogP contribution in [0.1, 0.15) is 13.8 Å². The molecule has 2 N–H and O–H groups in total. The van der Waals surface area contributed by atoms with Crippen LogP contribution < -0.4 is 10.6 Å². The molecule has 1 aliphatic rings. The predicted molar refractivity (Wildman–Crippen MR) is 89.4 cm³/mol. The van der Waals surface area contributed by atoms with E-state index in [-0.39, 0.29) is 18.0 Å². The van der Waals surface area contributed by atoms with E-state index >= 15 is 0 Å². The Balaban J connectivity index is 1.76. The van der Waals surface area contributed by atoms with Crippen molar-refractivity contribution in [3.63, 3.8) is 0 Å². The van der Waals surface area contributed by atoms with E-state index in [0.717, 1.165) is 32.0 Å². The minimum Gasteiger partial charge on any atom is -0.379 e. The van der Waals surface area contributed by atoms with Crippen LogP contribution in [0.25, 0.3) is 0 Å². The van der Waals surface area contributed by atoms with Gasteiger partial charge in [-0.1, -0.05) is 23.7 Å². The molecule has 1 fully saturated rings. The molecule has 22 heavy (non-hydrogen) atoms. The van der Waals surface area contributed by atoms with E-state index in [0.29, 0.717) is 11.6 Å². The van der Waals surface area contributed by atoms with Gasteiger partial charge in [0.15, 0.2) is 0 Å². The first-order valence-corrected chi connectivity index (χ1v) is 7.95. The van der Waals surface area contributed by atoms with Crippen LogP contribution in [0.15, 0.2) is 24.3 Å². The zero-order valence-electron chi connectivity index (χ0n) is 13.2. The van der Waals surface area contributed by atoms with Gasteiger partial charge in [-0.25, -0.2) is 0 Å². The molecule has 2 rings (SSSR count). The molecular weight excluding hydrogens is 302 g/mol. The van der Waals surface area contributed by atoms with Gasteiger partial charge in [-0.2, -0.15) is 0 Å². The quantitative estimate of drug-likeness (QED) is 0.840. The summed E-state index contributed by atoms with van der Waals surface area (Å²) in [6.45, 7) is 8.41. The fourth-order valence-corrected chi connectivity index (χ4v) is 2.64. The monoisotopic (exact) mass is 325 g/mol. The van der Waals surface area contributed by atoms with Crippen LogP contribution in [-0.4, -0.2) is 55.7 Å². The van der Waals surface area contributed by atoms with E-state index in [1.807, 2.05) is 18.2 Å². The highest BCUT2D eigenvalue weighted by atomic mass is 35.5. The Bertz CT molecular complexity index is 502. The molecule has 122 valence electrons. The van der Waals surface area contributed by atoms with Crippen molar-refractivity contribution in [1.82, 2.24) is 10.2 Å². The number of anilines is 1. The fourth-order valence-electron chi connectivity index (χ4n) is 2.44. The maximum Gasteiger partial charge on any atom is 0.239 e. The second-order valence-corrected chi connectivity index (χ2v) is 6.43. The molecule has 1 amide bonds. The third-order valence-corrected chi connectivity index (χ3v) is 4.23. The number of para-hydroxylation sites is 1. The van der Waals surface area contributed by atoms with Crippen molar-refractivity contribution in [2.24, 2.45) is 0 Å². The van der Waals surface area contributed by atoms with Crippen molar-refractivity contribution in [3.8, 4) is 0 Å². The van der Waals surface area contributed by atoms with E-state index in [4.69, 9.17) is 16.3 Å². The first kappa shape index (κ1) is 17.1. The molecule has 1 aromatic rings. The number of hydrogen-bond donors (Lipinski definition) is 2. The third kappa shape index (κ3) is 4.87. The van der Waals surface area contributed by atoms with E-state index < -0.39 is 0 Å². The lowest BCUT2D eigenvalue weighted by Gasteiger charge is -2.40. The van der Waals surface area contributed by atoms with Crippen LogP contribution in [0.3, 0.4) is 0 Å². The van der Waals surface area contributed by atoms with E-state index in [9.17, 15) is 4.79 Å². The molecular formula is C16H24ClN3O2. The number of benzene rings is 1. The normalized spacial score (nSPS) is 16.3. The Labute approximate surface area is 137 Å². The summed E-state index contributed by atoms with van der Waals surface area (Å²) in [5.74, 6) is -0.0405. The van der Waals surface area contributed by atoms with Crippen molar-refractivity contribution in [2.45, 2.75) is 19.4 Å². The average molecular weight is 326 g/mol. The molecule has 0 radical (unpaired) electrons. The van der Waals surface area contributed by atoms with Gasteiger partial charge in [0.25, 0.3) is 0 Å². The molecule has 0 bridgehead atoms. The standard InChI is InChI=1S/C16H24ClN3O2/c1-16(2,20-7-9-22-10-8-20)12-19-15(21)11-18-14-6-4-3-5-13(14)17/h3-6,18H,7-12H2,1-2H3,(H,19,21). The Morgan fingerprint density at radius 2 is 2.00 bits per heavy atom. The lowest BCUT2D eigenvalue weighted by molar-refractivity contribution is -0.120. The second-order valence-electron chi connectivity index (χ2n) is 6.02. The maximum absolute atomic E-state index is 12.0. The minimum atomic E-state index is -0.0795. The number of nitrogens with one attached hydrogen (secondary N) is 2. The van der Waals surface area contributed by atoms with Crippen LogP contribution in [0.5, 0.6) is 0 Å². The van der Waals surface area contributed by atoms with Gasteiger partial charge in [0.1, 0.15) is 0 Å². The average Bonchev–Trinajstić information content (AvgIpc) is 2.53. The number of halogens is 1. The number of morpholine rings is 1. The predicted octanol–water partition coefficient (Wildman–Crippen LogP) is 1.98. The van der Waals surface area contributed by atoms with E-state index in [1.165, 1.54) is 0 Å². The molecule has 0 unspecified atom stereocenters. The van der Waals surface area contributed by atoms with Crippen molar-refractivity contribution < 1.29 is 9.53 Å². The summed E-state index contributed by atoms with van der Waals surface area (Å²) in [6.07, 6.45) is 0. The van der Waals surface area contributed by atoms with Gasteiger partial charge in [0.05, 0.1) is 30.5 Å². The van der Waals surface area contributed by atoms with E-state index in [1.54, 1.807) is 6.07 Å². The molecule has 0 saturated carbocycles. The highest BCUT2D eigenvalue weighted by molar-refractivity contribution is 6.33. The summed E-state index contributed by atoms with van der Waals surface area (Å²) in [5.41, 5.74) is 0.691. The topological polar surface area (TPSA) is 53.6 Å². The van der Waals surface area contributed by atoms with Crippen LogP contribution in [0.4, 0.5) is 5.69 Å². The maximum atomic E-state index is 12.0. The zero-order chi connectivity index (χ0) is 16.0. The van der Waals surface area contributed by atoms with Gasteiger partial charge in [-0.3, -0.25) is 9.69 Å². The second kappa shape index (κ2) is 7.81. The summed E-state index contributed by atoms with van der Waals surface area (Å²) in [7, 11) is 0. The number of carbonyl (C=O) groups excluding carboxylic acids is 1. The first-order chi connectivity index (χ1) is 10.5. The van der Waals surface area contributed by atoms with Crippen molar-refractivity contribution in [2.75, 3.05) is 44.7 Å². The Morgan fingerprint density at radius 3 is 2.68 bits per heavy atom. The van der Waals surface area contributed by atoms with Crippen LogP contribution in [0, 0.1) is 0 Å². The summed E-state index contributed by atoms with van der Waals surface area (Å²) in [4.78, 5) is 14.3. The number of amides is 1. The SMILES string of the molecule is CC(C)(CNC(=O)CNc1ccccc1Cl)N1CCOCC1. The van der Waals surface area contributed by atoms with Crippen molar-refractivity contribution in [1.29, 1.82) is 0 Å². The number of nitrogens with zero attached hydrogens (tertiary/aromatic N) is 1. The van der Waals surface area contributed by atoms with Gasteiger partial charge >= 0.3 is 0 Å². The highest BCUT2D eigenvalue weighted by Crippen LogP contribution is 2.20. The Morgan fingerprint density at radius 1 is 1.32 bits per heavy atom. The molecule has 0 spiro atoms. The van der Waals surface area contributed by atoms with Crippen LogP contribution >= 0.6 is 11.6 Å². The van der Waals surface area contributed by atoms with Gasteiger partial charge in [-0.15, -0.1) is 0 Å². The van der Waals surface area contributed by atoms with Gasteiger partial charge in [0, 0.05) is 25.2 Å². The molecule has 1 aliphatic heterocycles. The van der Waals surface area contributed by atoms with Crippen LogP contribution in [-0.2, 0) is 9.53 Å². The van der Waals surface area contributed by atoms with Gasteiger partial charge < -0.3 is 15.4 Å². The summed E-state index contributed by atoms with van der Waals surface area (Å²) in [5, 5.41) is 6.65. The van der Waals surface area contributed by atoms with Gasteiger partial charge in [-0.05, 0) is 26.0 Å². The molecule has 1 heterocycles. The lowest BCUT2D eigenvalue weighted by Crippen LogP contribution is -2.55. The molecule has 1 saturated heterocycles. The highest BCUT2D eigenvalue weighted by Gasteiger charge is 2.28. The first-order valence-electron chi connectivity index (χ1n) is 7.57. The fraction of sp³-hybridized carbons (Fsp3) is 0.562. The zero-order valence-corrected chi connectivity index (χ0v) is 13.9. The number of carbonyl (C=O) groups is 1. The molecule has 0 aromatic heterocycles. The molecule has 0 atom stereocenters. The molecule has 6 heteroatoms. The number of ether oxygens (including phenoxy) is 1. The smallest absolute Gasteiger partial charge is 0.239 e. The number of hydrogen-bond acceptors (Lipinski definition) is 4. The molecule has 5 nitrogen and oxygen atoms in total. The third-order valence-electron chi connectivity index (χ3n) is 3.90. The van der Waals surface area contributed by atoms with Crippen molar-refractivity contribution in [3.05, 3.63) is 29.3 Å². The minimum absolute atomic E-state index is 0.0405. The van der Waals surface area contributed by atoms with Crippen molar-refractivity contribution >= 4 is 23.2 Å². The molecule has 0 aliphatic carbocycles. The summed E-state index contributed by atoms with van der Waals surface area (Å²) < 4.78 is 5.37. The summed E-state index contributed by atoms with van der Waals surface area (Å²) in [6, 6.07) is 7.39. The number of rotatable bonds is 6. The molecule has 1 aromatic carbocycles. The largest absolute Gasteiger partial charge is 0.379 e. The summed E-state index contributed by atoms with van der Waals surface area (Å²) >= 11 is 6.05.